The van der Waals surface area contributed by atoms with Gasteiger partial charge in [-0.05, 0) is 69.2 Å². The number of methoxy groups -OCH3 is 1. The maximum atomic E-state index is 12.5. The second-order valence-electron chi connectivity index (χ2n) is 7.60. The van der Waals surface area contributed by atoms with Gasteiger partial charge in [-0.15, -0.1) is 11.8 Å². The second-order valence-corrected chi connectivity index (χ2v) is 8.77. The minimum atomic E-state index is -0.232. The summed E-state index contributed by atoms with van der Waals surface area (Å²) >= 11 is 1.72. The van der Waals surface area contributed by atoms with Crippen molar-refractivity contribution in [1.82, 2.24) is 15.1 Å². The maximum absolute atomic E-state index is 12.5. The maximum Gasteiger partial charge on any atom is 0.305 e. The van der Waals surface area contributed by atoms with Gasteiger partial charge in [-0.25, -0.2) is 4.68 Å². The van der Waals surface area contributed by atoms with E-state index in [1.165, 1.54) is 17.6 Å². The van der Waals surface area contributed by atoms with Gasteiger partial charge in [-0.3, -0.25) is 9.59 Å². The molecule has 0 saturated carbocycles. The molecule has 3 aromatic rings. The summed E-state index contributed by atoms with van der Waals surface area (Å²) in [5, 5.41) is 7.59. The zero-order valence-electron chi connectivity index (χ0n) is 19.0. The van der Waals surface area contributed by atoms with E-state index in [-0.39, 0.29) is 11.9 Å². The Bertz CT molecular complexity index is 1070. The van der Waals surface area contributed by atoms with E-state index in [1.807, 2.05) is 42.8 Å². The number of rotatable bonds is 9. The topological polar surface area (TPSA) is 73.2 Å². The Hall–Kier alpha value is -3.06. The molecule has 3 rings (SSSR count). The van der Waals surface area contributed by atoms with E-state index < -0.39 is 0 Å². The fourth-order valence-electron chi connectivity index (χ4n) is 3.44. The third-order valence-electron chi connectivity index (χ3n) is 5.30. The number of aryl methyl sites for hydroxylation is 2. The molecule has 0 radical (unpaired) electrons. The van der Waals surface area contributed by atoms with Gasteiger partial charge in [-0.2, -0.15) is 5.10 Å². The number of carbonyl (C=O) groups excluding carboxylic acids is 2. The van der Waals surface area contributed by atoms with Crippen molar-refractivity contribution in [1.29, 1.82) is 0 Å². The lowest BCUT2D eigenvalue weighted by Gasteiger charge is -2.08. The first-order valence-electron chi connectivity index (χ1n) is 10.6. The third-order valence-corrected chi connectivity index (χ3v) is 6.31. The summed E-state index contributed by atoms with van der Waals surface area (Å²) in [5.74, 6) is 0.491. The zero-order chi connectivity index (χ0) is 23.1. The Morgan fingerprint density at radius 3 is 2.38 bits per heavy atom. The van der Waals surface area contributed by atoms with Crippen LogP contribution in [0.2, 0.25) is 0 Å². The van der Waals surface area contributed by atoms with Crippen LogP contribution in [0.3, 0.4) is 0 Å². The van der Waals surface area contributed by atoms with Crippen molar-refractivity contribution >= 4 is 23.6 Å². The van der Waals surface area contributed by atoms with Crippen molar-refractivity contribution in [3.05, 3.63) is 76.6 Å². The second kappa shape index (κ2) is 11.0. The lowest BCUT2D eigenvalue weighted by atomic mass is 10.1. The Morgan fingerprint density at radius 1 is 1.03 bits per heavy atom. The van der Waals surface area contributed by atoms with Gasteiger partial charge in [0.25, 0.3) is 5.91 Å². The van der Waals surface area contributed by atoms with Crippen molar-refractivity contribution in [3.8, 4) is 5.69 Å². The summed E-state index contributed by atoms with van der Waals surface area (Å²) in [6, 6.07) is 15.8. The summed E-state index contributed by atoms with van der Waals surface area (Å²) in [5.41, 5.74) is 5.64. The van der Waals surface area contributed by atoms with Gasteiger partial charge in [0.2, 0.25) is 0 Å². The molecule has 32 heavy (non-hydrogen) atoms. The van der Waals surface area contributed by atoms with E-state index in [0.29, 0.717) is 24.9 Å². The largest absolute Gasteiger partial charge is 0.469 e. The summed E-state index contributed by atoms with van der Waals surface area (Å²) in [6.45, 7) is 6.59. The molecule has 0 spiro atoms. The average molecular weight is 452 g/mol. The molecule has 0 fully saturated rings. The number of amides is 1. The van der Waals surface area contributed by atoms with Crippen LogP contribution >= 0.6 is 11.8 Å². The highest BCUT2D eigenvalue weighted by atomic mass is 32.2. The van der Waals surface area contributed by atoms with Crippen LogP contribution in [0.4, 0.5) is 0 Å². The van der Waals surface area contributed by atoms with Crippen molar-refractivity contribution in [2.45, 2.75) is 38.5 Å². The molecule has 6 nitrogen and oxygen atoms in total. The molecule has 168 valence electrons. The molecule has 0 aliphatic rings. The van der Waals surface area contributed by atoms with E-state index in [0.717, 1.165) is 28.4 Å². The van der Waals surface area contributed by atoms with E-state index >= 15 is 0 Å². The number of esters is 1. The van der Waals surface area contributed by atoms with Gasteiger partial charge in [0.05, 0.1) is 18.5 Å². The number of benzene rings is 2. The number of thioether (sulfide) groups is 1. The van der Waals surface area contributed by atoms with Crippen molar-refractivity contribution in [2.75, 3.05) is 19.4 Å². The number of hydrogen-bond acceptors (Lipinski definition) is 5. The van der Waals surface area contributed by atoms with Crippen LogP contribution in [0.25, 0.3) is 5.69 Å². The summed E-state index contributed by atoms with van der Waals surface area (Å²) in [4.78, 5) is 25.1. The number of carbonyl (C=O) groups is 2. The molecule has 0 bridgehead atoms. The number of ether oxygens (including phenoxy) is 1. The fourth-order valence-corrected chi connectivity index (χ4v) is 4.21. The highest BCUT2D eigenvalue weighted by Crippen LogP contribution is 2.20. The van der Waals surface area contributed by atoms with Crippen LogP contribution in [-0.2, 0) is 16.0 Å². The first-order chi connectivity index (χ1) is 15.4. The Kier molecular flexibility index (Phi) is 8.11. The number of aromatic nitrogens is 2. The standard InChI is InChI=1S/C25H29N3O3S/c1-17-5-11-22(12-6-17)32-16-15-26-25(30)20-7-9-21(10-8-20)28-19(3)23(18(2)27-28)13-14-24(29)31-4/h5-12H,13-16H2,1-4H3,(H,26,30). The molecular formula is C25H29N3O3S. The van der Waals surface area contributed by atoms with E-state index in [9.17, 15) is 9.59 Å². The average Bonchev–Trinajstić information content (AvgIpc) is 3.09. The van der Waals surface area contributed by atoms with Crippen LogP contribution in [0.5, 0.6) is 0 Å². The predicted octanol–water partition coefficient (Wildman–Crippen LogP) is 4.43. The van der Waals surface area contributed by atoms with E-state index in [4.69, 9.17) is 4.74 Å². The molecule has 0 aliphatic carbocycles. The summed E-state index contributed by atoms with van der Waals surface area (Å²) in [7, 11) is 1.39. The summed E-state index contributed by atoms with van der Waals surface area (Å²) in [6.07, 6.45) is 0.913. The molecule has 0 aliphatic heterocycles. The molecule has 7 heteroatoms. The first kappa shape index (κ1) is 23.6. The zero-order valence-corrected chi connectivity index (χ0v) is 19.8. The SMILES string of the molecule is COC(=O)CCc1c(C)nn(-c2ccc(C(=O)NCCSc3ccc(C)cc3)cc2)c1C. The van der Waals surface area contributed by atoms with Crippen LogP contribution in [0.15, 0.2) is 53.4 Å². The van der Waals surface area contributed by atoms with Gasteiger partial charge in [-0.1, -0.05) is 17.7 Å². The highest BCUT2D eigenvalue weighted by Gasteiger charge is 2.15. The molecular weight excluding hydrogens is 422 g/mol. The Morgan fingerprint density at radius 2 is 1.72 bits per heavy atom. The molecule has 1 N–H and O–H groups in total. The molecule has 2 aromatic carbocycles. The van der Waals surface area contributed by atoms with Crippen molar-refractivity contribution in [3.63, 3.8) is 0 Å². The minimum Gasteiger partial charge on any atom is -0.469 e. The molecule has 0 saturated heterocycles. The van der Waals surface area contributed by atoms with Crippen LogP contribution in [0, 0.1) is 20.8 Å². The fraction of sp³-hybridized carbons (Fsp3) is 0.320. The lowest BCUT2D eigenvalue weighted by molar-refractivity contribution is -0.140. The number of nitrogens with zero attached hydrogens (tertiary/aromatic N) is 2. The molecule has 1 aromatic heterocycles. The van der Waals surface area contributed by atoms with Gasteiger partial charge in [0.1, 0.15) is 0 Å². The van der Waals surface area contributed by atoms with Gasteiger partial charge < -0.3 is 10.1 Å². The third kappa shape index (κ3) is 6.01. The lowest BCUT2D eigenvalue weighted by Crippen LogP contribution is -2.25. The van der Waals surface area contributed by atoms with Gasteiger partial charge >= 0.3 is 5.97 Å². The molecule has 1 heterocycles. The van der Waals surface area contributed by atoms with Gasteiger partial charge in [0.15, 0.2) is 0 Å². The predicted molar refractivity (Wildman–Crippen MR) is 128 cm³/mol. The summed E-state index contributed by atoms with van der Waals surface area (Å²) < 4.78 is 6.58. The minimum absolute atomic E-state index is 0.0896. The van der Waals surface area contributed by atoms with Crippen LogP contribution in [-0.4, -0.2) is 41.1 Å². The monoisotopic (exact) mass is 451 g/mol. The van der Waals surface area contributed by atoms with Crippen LogP contribution < -0.4 is 5.32 Å². The normalized spacial score (nSPS) is 10.8. The van der Waals surface area contributed by atoms with Crippen molar-refractivity contribution in [2.24, 2.45) is 0 Å². The first-order valence-corrected chi connectivity index (χ1v) is 11.6. The van der Waals surface area contributed by atoms with E-state index in [2.05, 4.69) is 41.6 Å². The molecule has 1 amide bonds. The molecule has 0 unspecified atom stereocenters. The smallest absolute Gasteiger partial charge is 0.305 e. The quantitative estimate of drug-likeness (QED) is 0.296. The van der Waals surface area contributed by atoms with Crippen molar-refractivity contribution < 1.29 is 14.3 Å². The Balaban J connectivity index is 1.56. The highest BCUT2D eigenvalue weighted by molar-refractivity contribution is 7.99. The molecule has 0 atom stereocenters. The Labute approximate surface area is 193 Å². The van der Waals surface area contributed by atoms with Gasteiger partial charge in [0, 0.05) is 34.9 Å². The number of hydrogen-bond donors (Lipinski definition) is 1. The van der Waals surface area contributed by atoms with Crippen LogP contribution in [0.1, 0.15) is 39.3 Å². The van der Waals surface area contributed by atoms with E-state index in [1.54, 1.807) is 11.8 Å². The number of nitrogens with one attached hydrogen (secondary N) is 1.